The maximum Gasteiger partial charge on any atom is 0.240 e. The Labute approximate surface area is 127 Å². The number of sulfone groups is 1. The van der Waals surface area contributed by atoms with Crippen molar-refractivity contribution in [3.05, 3.63) is 53.6 Å². The number of carbonyl (C=O) groups is 1. The maximum atomic E-state index is 12.1. The number of nitrogens with one attached hydrogen (secondary N) is 1. The third-order valence-electron chi connectivity index (χ3n) is 2.73. The van der Waals surface area contributed by atoms with Crippen LogP contribution in [-0.4, -0.2) is 20.1 Å². The summed E-state index contributed by atoms with van der Waals surface area (Å²) in [4.78, 5) is 11.9. The van der Waals surface area contributed by atoms with Gasteiger partial charge in [-0.25, -0.2) is 8.42 Å². The molecule has 0 saturated carbocycles. The highest BCUT2D eigenvalue weighted by Gasteiger charge is 2.19. The quantitative estimate of drug-likeness (QED) is 0.845. The van der Waals surface area contributed by atoms with Crippen LogP contribution in [0.5, 0.6) is 0 Å². The normalized spacial score (nSPS) is 11.1. The van der Waals surface area contributed by atoms with Crippen LogP contribution in [0.1, 0.15) is 0 Å². The minimum Gasteiger partial charge on any atom is -0.397 e. The number of hydrogen-bond donors (Lipinski definition) is 2. The number of benzene rings is 2. The van der Waals surface area contributed by atoms with Gasteiger partial charge in [0.25, 0.3) is 0 Å². The van der Waals surface area contributed by atoms with Gasteiger partial charge in [0, 0.05) is 5.02 Å². The lowest BCUT2D eigenvalue weighted by atomic mass is 10.3. The second-order valence-corrected chi connectivity index (χ2v) is 6.77. The van der Waals surface area contributed by atoms with Crippen molar-refractivity contribution in [3.8, 4) is 0 Å². The zero-order valence-corrected chi connectivity index (χ0v) is 12.5. The predicted molar refractivity (Wildman–Crippen MR) is 83.0 cm³/mol. The van der Waals surface area contributed by atoms with Crippen molar-refractivity contribution in [1.82, 2.24) is 0 Å². The summed E-state index contributed by atoms with van der Waals surface area (Å²) >= 11 is 5.70. The highest BCUT2D eigenvalue weighted by molar-refractivity contribution is 7.92. The SMILES string of the molecule is Nc1ccccc1NC(=O)CS(=O)(=O)c1ccc(Cl)cc1. The van der Waals surface area contributed by atoms with Gasteiger partial charge in [-0.3, -0.25) is 4.79 Å². The fourth-order valence-corrected chi connectivity index (χ4v) is 2.96. The van der Waals surface area contributed by atoms with E-state index in [9.17, 15) is 13.2 Å². The molecule has 0 unspecified atom stereocenters. The van der Waals surface area contributed by atoms with E-state index in [2.05, 4.69) is 5.32 Å². The van der Waals surface area contributed by atoms with E-state index in [0.29, 0.717) is 16.4 Å². The topological polar surface area (TPSA) is 89.3 Å². The van der Waals surface area contributed by atoms with E-state index >= 15 is 0 Å². The van der Waals surface area contributed by atoms with Crippen molar-refractivity contribution >= 4 is 38.7 Å². The number of anilines is 2. The van der Waals surface area contributed by atoms with E-state index in [1.807, 2.05) is 0 Å². The van der Waals surface area contributed by atoms with E-state index in [-0.39, 0.29) is 4.90 Å². The number of carbonyl (C=O) groups excluding carboxylic acids is 1. The molecule has 0 radical (unpaired) electrons. The van der Waals surface area contributed by atoms with Crippen LogP contribution in [0.2, 0.25) is 5.02 Å². The fourth-order valence-electron chi connectivity index (χ4n) is 1.69. The smallest absolute Gasteiger partial charge is 0.240 e. The molecule has 0 spiro atoms. The molecule has 3 N–H and O–H groups in total. The molecule has 0 aliphatic carbocycles. The first-order valence-corrected chi connectivity index (χ1v) is 8.04. The van der Waals surface area contributed by atoms with Gasteiger partial charge in [-0.05, 0) is 36.4 Å². The number of halogens is 1. The molecule has 110 valence electrons. The molecule has 2 rings (SSSR count). The van der Waals surface area contributed by atoms with E-state index in [0.717, 1.165) is 0 Å². The number of hydrogen-bond acceptors (Lipinski definition) is 4. The maximum absolute atomic E-state index is 12.1. The minimum atomic E-state index is -3.72. The van der Waals surface area contributed by atoms with E-state index < -0.39 is 21.5 Å². The average molecular weight is 325 g/mol. The average Bonchev–Trinajstić information content (AvgIpc) is 2.41. The highest BCUT2D eigenvalue weighted by atomic mass is 35.5. The van der Waals surface area contributed by atoms with Gasteiger partial charge in [0.1, 0.15) is 5.75 Å². The van der Waals surface area contributed by atoms with Gasteiger partial charge in [-0.1, -0.05) is 23.7 Å². The molecule has 0 aliphatic rings. The molecule has 0 fully saturated rings. The molecule has 2 aromatic carbocycles. The summed E-state index contributed by atoms with van der Waals surface area (Å²) in [5.74, 6) is -1.31. The molecular weight excluding hydrogens is 312 g/mol. The summed E-state index contributed by atoms with van der Waals surface area (Å²) in [5.41, 5.74) is 6.43. The van der Waals surface area contributed by atoms with Crippen LogP contribution in [-0.2, 0) is 14.6 Å². The summed E-state index contributed by atoms with van der Waals surface area (Å²) in [6, 6.07) is 12.3. The standard InChI is InChI=1S/C14H13ClN2O3S/c15-10-5-7-11(8-6-10)21(19,20)9-14(18)17-13-4-2-1-3-12(13)16/h1-8H,9,16H2,(H,17,18). The van der Waals surface area contributed by atoms with E-state index in [4.69, 9.17) is 17.3 Å². The summed E-state index contributed by atoms with van der Waals surface area (Å²) in [7, 11) is -3.72. The van der Waals surface area contributed by atoms with Crippen LogP contribution in [0, 0.1) is 0 Å². The lowest BCUT2D eigenvalue weighted by molar-refractivity contribution is -0.113. The van der Waals surface area contributed by atoms with Gasteiger partial charge in [-0.15, -0.1) is 0 Å². The number of amides is 1. The Morgan fingerprint density at radius 1 is 1.10 bits per heavy atom. The van der Waals surface area contributed by atoms with Gasteiger partial charge >= 0.3 is 0 Å². The molecule has 0 aromatic heterocycles. The van der Waals surface area contributed by atoms with Crippen molar-refractivity contribution < 1.29 is 13.2 Å². The van der Waals surface area contributed by atoms with Crippen molar-refractivity contribution in [2.45, 2.75) is 4.90 Å². The predicted octanol–water partition coefficient (Wildman–Crippen LogP) is 2.33. The van der Waals surface area contributed by atoms with Crippen molar-refractivity contribution in [3.63, 3.8) is 0 Å². The lowest BCUT2D eigenvalue weighted by Gasteiger charge is -2.08. The first kappa shape index (κ1) is 15.3. The van der Waals surface area contributed by atoms with Gasteiger partial charge in [0.15, 0.2) is 9.84 Å². The number of para-hydroxylation sites is 2. The summed E-state index contributed by atoms with van der Waals surface area (Å²) in [5, 5.41) is 2.90. The zero-order valence-electron chi connectivity index (χ0n) is 10.9. The molecule has 0 heterocycles. The molecule has 7 heteroatoms. The third kappa shape index (κ3) is 3.96. The van der Waals surface area contributed by atoms with Crippen LogP contribution in [0.3, 0.4) is 0 Å². The number of nitrogen functional groups attached to an aromatic ring is 1. The third-order valence-corrected chi connectivity index (χ3v) is 4.61. The lowest BCUT2D eigenvalue weighted by Crippen LogP contribution is -2.23. The van der Waals surface area contributed by atoms with E-state index in [1.165, 1.54) is 24.3 Å². The van der Waals surface area contributed by atoms with Crippen LogP contribution < -0.4 is 11.1 Å². The summed E-state index contributed by atoms with van der Waals surface area (Å²) in [6.45, 7) is 0. The van der Waals surface area contributed by atoms with Crippen molar-refractivity contribution in [1.29, 1.82) is 0 Å². The Bertz CT molecular complexity index is 758. The van der Waals surface area contributed by atoms with E-state index in [1.54, 1.807) is 24.3 Å². The molecule has 0 saturated heterocycles. The second-order valence-electron chi connectivity index (χ2n) is 4.35. The fraction of sp³-hybridized carbons (Fsp3) is 0.0714. The Morgan fingerprint density at radius 2 is 1.71 bits per heavy atom. The molecule has 0 aliphatic heterocycles. The van der Waals surface area contributed by atoms with Crippen molar-refractivity contribution in [2.24, 2.45) is 0 Å². The molecule has 1 amide bonds. The Balaban J connectivity index is 2.12. The Hall–Kier alpha value is -2.05. The van der Waals surface area contributed by atoms with Gasteiger partial charge in [0.2, 0.25) is 5.91 Å². The summed E-state index contributed by atoms with van der Waals surface area (Å²) < 4.78 is 24.2. The van der Waals surface area contributed by atoms with Gasteiger partial charge in [0.05, 0.1) is 16.3 Å². The van der Waals surface area contributed by atoms with Gasteiger partial charge < -0.3 is 11.1 Å². The van der Waals surface area contributed by atoms with Gasteiger partial charge in [-0.2, -0.15) is 0 Å². The molecule has 5 nitrogen and oxygen atoms in total. The van der Waals surface area contributed by atoms with Crippen LogP contribution in [0.25, 0.3) is 0 Å². The summed E-state index contributed by atoms with van der Waals surface area (Å²) in [6.07, 6.45) is 0. The van der Waals surface area contributed by atoms with Crippen LogP contribution in [0.15, 0.2) is 53.4 Å². The molecule has 0 atom stereocenters. The monoisotopic (exact) mass is 324 g/mol. The number of nitrogens with two attached hydrogens (primary N) is 1. The van der Waals surface area contributed by atoms with Crippen molar-refractivity contribution in [2.75, 3.05) is 16.8 Å². The molecule has 21 heavy (non-hydrogen) atoms. The first-order valence-electron chi connectivity index (χ1n) is 6.01. The Kier molecular flexibility index (Phi) is 4.50. The van der Waals surface area contributed by atoms with Crippen LogP contribution >= 0.6 is 11.6 Å². The number of rotatable bonds is 4. The zero-order chi connectivity index (χ0) is 15.5. The highest BCUT2D eigenvalue weighted by Crippen LogP contribution is 2.18. The van der Waals surface area contributed by atoms with Crippen LogP contribution in [0.4, 0.5) is 11.4 Å². The molecule has 2 aromatic rings. The largest absolute Gasteiger partial charge is 0.397 e. The molecule has 0 bridgehead atoms. The first-order chi connectivity index (χ1) is 9.88. The minimum absolute atomic E-state index is 0.0445. The Morgan fingerprint density at radius 3 is 2.33 bits per heavy atom. The molecular formula is C14H13ClN2O3S. The second kappa shape index (κ2) is 6.15.